The van der Waals surface area contributed by atoms with Crippen LogP contribution in [0.4, 0.5) is 0 Å². The second-order valence-electron chi connectivity index (χ2n) is 7.60. The number of carbonyl (C=O) groups is 1. The van der Waals surface area contributed by atoms with Gasteiger partial charge in [-0.15, -0.1) is 0 Å². The summed E-state index contributed by atoms with van der Waals surface area (Å²) in [5.41, 5.74) is 0.449. The fourth-order valence-corrected chi connectivity index (χ4v) is 4.81. The van der Waals surface area contributed by atoms with Crippen LogP contribution in [-0.2, 0) is 14.8 Å². The number of H-pyrrole nitrogens is 2. The average molecular weight is 463 g/mol. The van der Waals surface area contributed by atoms with Crippen molar-refractivity contribution in [1.82, 2.24) is 19.2 Å². The number of benzene rings is 1. The first-order valence-electron chi connectivity index (χ1n) is 10.8. The van der Waals surface area contributed by atoms with E-state index in [-0.39, 0.29) is 22.6 Å². The van der Waals surface area contributed by atoms with Crippen LogP contribution in [-0.4, -0.2) is 73.4 Å². The molecule has 1 aromatic carbocycles. The number of hydrogen-bond donors (Lipinski definition) is 2. The van der Waals surface area contributed by atoms with E-state index < -0.39 is 21.6 Å². The van der Waals surface area contributed by atoms with Crippen LogP contribution in [0.5, 0.6) is 0 Å². The van der Waals surface area contributed by atoms with Crippen LogP contribution < -0.4 is 5.56 Å². The third-order valence-corrected chi connectivity index (χ3v) is 7.46. The molecule has 9 nitrogen and oxygen atoms in total. The number of sulfonamides is 1. The van der Waals surface area contributed by atoms with E-state index >= 15 is 0 Å². The molecule has 0 aliphatic rings. The Hall–Kier alpha value is -2.69. The van der Waals surface area contributed by atoms with Gasteiger partial charge in [0.05, 0.1) is 17.1 Å². The van der Waals surface area contributed by atoms with Gasteiger partial charge in [-0.05, 0) is 37.7 Å². The maximum absolute atomic E-state index is 13.2. The summed E-state index contributed by atoms with van der Waals surface area (Å²) in [6.45, 7) is 8.87. The molecule has 0 unspecified atom stereocenters. The highest BCUT2D eigenvalue weighted by molar-refractivity contribution is 7.89. The lowest BCUT2D eigenvalue weighted by atomic mass is 10.1. The van der Waals surface area contributed by atoms with Gasteiger partial charge < -0.3 is 19.6 Å². The zero-order chi connectivity index (χ0) is 23.5. The van der Waals surface area contributed by atoms with Gasteiger partial charge in [0.25, 0.3) is 5.56 Å². The smallest absolute Gasteiger partial charge is 0.340 e. The molecule has 0 fully saturated rings. The first-order valence-corrected chi connectivity index (χ1v) is 12.2. The minimum atomic E-state index is -3.76. The number of ether oxygens (including phenoxy) is 1. The summed E-state index contributed by atoms with van der Waals surface area (Å²) in [5.74, 6) is -0.561. The van der Waals surface area contributed by atoms with Crippen molar-refractivity contribution in [3.63, 3.8) is 0 Å². The van der Waals surface area contributed by atoms with Crippen LogP contribution in [0.3, 0.4) is 0 Å². The Morgan fingerprint density at radius 3 is 2.50 bits per heavy atom. The van der Waals surface area contributed by atoms with Gasteiger partial charge >= 0.3 is 5.97 Å². The van der Waals surface area contributed by atoms with Gasteiger partial charge in [0.15, 0.2) is 0 Å². The molecule has 32 heavy (non-hydrogen) atoms. The van der Waals surface area contributed by atoms with Crippen molar-refractivity contribution < 1.29 is 17.9 Å². The normalized spacial score (nSPS) is 12.3. The summed E-state index contributed by atoms with van der Waals surface area (Å²) in [7, 11) is -2.21. The van der Waals surface area contributed by atoms with Gasteiger partial charge in [-0.25, -0.2) is 13.2 Å². The summed E-state index contributed by atoms with van der Waals surface area (Å²) in [4.78, 5) is 32.8. The number of fused-ring (bicyclic) bond motifs is 3. The molecule has 2 aromatic heterocycles. The number of hydrogen-bond acceptors (Lipinski definition) is 6. The Morgan fingerprint density at radius 1 is 1.12 bits per heavy atom. The van der Waals surface area contributed by atoms with Gasteiger partial charge in [0, 0.05) is 42.6 Å². The topological polar surface area (TPSA) is 116 Å². The number of nitrogens with zero attached hydrogens (tertiary/aromatic N) is 2. The number of rotatable bonds is 10. The molecule has 3 aromatic rings. The van der Waals surface area contributed by atoms with E-state index in [1.54, 1.807) is 13.1 Å². The van der Waals surface area contributed by atoms with Gasteiger partial charge in [-0.3, -0.25) is 4.79 Å². The van der Waals surface area contributed by atoms with Gasteiger partial charge in [-0.1, -0.05) is 20.8 Å². The number of esters is 1. The molecule has 0 aliphatic carbocycles. The van der Waals surface area contributed by atoms with Gasteiger partial charge in [0.1, 0.15) is 5.52 Å². The third kappa shape index (κ3) is 4.57. The predicted octanol–water partition coefficient (Wildman–Crippen LogP) is 2.54. The molecule has 174 valence electrons. The maximum atomic E-state index is 13.2. The summed E-state index contributed by atoms with van der Waals surface area (Å²) in [6.07, 6.45) is 2.09. The van der Waals surface area contributed by atoms with E-state index in [0.29, 0.717) is 35.8 Å². The highest BCUT2D eigenvalue weighted by Crippen LogP contribution is 2.28. The molecule has 0 aliphatic heterocycles. The SMILES string of the molecule is CCCOC(=O)c1c[nH]c2c(=O)[nH]c3ccc(S(=O)(=O)N(C)CCN(CC)CC)cc3c12. The molecule has 0 saturated heterocycles. The first kappa shape index (κ1) is 24.0. The molecular formula is C22H30N4O5S. The van der Waals surface area contributed by atoms with Crippen molar-refractivity contribution in [3.05, 3.63) is 40.3 Å². The molecule has 10 heteroatoms. The largest absolute Gasteiger partial charge is 0.462 e. The Balaban J connectivity index is 2.08. The summed E-state index contributed by atoms with van der Waals surface area (Å²) in [6, 6.07) is 4.52. The zero-order valence-electron chi connectivity index (χ0n) is 18.9. The first-order chi connectivity index (χ1) is 15.2. The van der Waals surface area contributed by atoms with E-state index in [4.69, 9.17) is 4.74 Å². The number of carbonyl (C=O) groups excluding carboxylic acids is 1. The molecule has 0 atom stereocenters. The number of aromatic nitrogens is 2. The second-order valence-corrected chi connectivity index (χ2v) is 9.65. The minimum Gasteiger partial charge on any atom is -0.462 e. The Morgan fingerprint density at radius 2 is 1.84 bits per heavy atom. The van der Waals surface area contributed by atoms with Crippen molar-refractivity contribution in [1.29, 1.82) is 0 Å². The molecule has 0 amide bonds. The molecular weight excluding hydrogens is 432 g/mol. The molecule has 0 saturated carbocycles. The zero-order valence-corrected chi connectivity index (χ0v) is 19.7. The second kappa shape index (κ2) is 9.85. The van der Waals surface area contributed by atoms with Gasteiger partial charge in [0.2, 0.25) is 10.0 Å². The van der Waals surface area contributed by atoms with Gasteiger partial charge in [-0.2, -0.15) is 4.31 Å². The Labute approximate surface area is 187 Å². The van der Waals surface area contributed by atoms with E-state index in [1.807, 2.05) is 20.8 Å². The molecule has 3 rings (SSSR count). The van der Waals surface area contributed by atoms with Crippen molar-refractivity contribution in [3.8, 4) is 0 Å². The maximum Gasteiger partial charge on any atom is 0.340 e. The number of likely N-dealkylation sites (N-methyl/N-ethyl adjacent to an activating group) is 2. The fourth-order valence-electron chi connectivity index (χ4n) is 3.62. The summed E-state index contributed by atoms with van der Waals surface area (Å²) >= 11 is 0. The third-order valence-electron chi connectivity index (χ3n) is 5.61. The molecule has 0 spiro atoms. The lowest BCUT2D eigenvalue weighted by molar-refractivity contribution is 0.0507. The molecule has 0 radical (unpaired) electrons. The lowest BCUT2D eigenvalue weighted by Crippen LogP contribution is -2.36. The molecule has 2 N–H and O–H groups in total. The number of pyridine rings is 1. The summed E-state index contributed by atoms with van der Waals surface area (Å²) < 4.78 is 33.0. The van der Waals surface area contributed by atoms with Crippen molar-refractivity contribution >= 4 is 37.8 Å². The van der Waals surface area contributed by atoms with Crippen molar-refractivity contribution in [2.45, 2.75) is 32.1 Å². The number of aromatic amines is 2. The Kier molecular flexibility index (Phi) is 7.37. The van der Waals surface area contributed by atoms with Crippen molar-refractivity contribution in [2.75, 3.05) is 39.8 Å². The highest BCUT2D eigenvalue weighted by atomic mass is 32.2. The van der Waals surface area contributed by atoms with Crippen molar-refractivity contribution in [2.24, 2.45) is 0 Å². The average Bonchev–Trinajstić information content (AvgIpc) is 3.24. The van der Waals surface area contributed by atoms with Crippen LogP contribution in [0.2, 0.25) is 0 Å². The Bertz CT molecular complexity index is 1270. The monoisotopic (exact) mass is 462 g/mol. The standard InChI is InChI=1S/C22H30N4O5S/c1-5-12-31-22(28)17-14-23-20-19(17)16-13-15(8-9-18(16)24-21(20)27)32(29,30)25(4)10-11-26(6-2)7-3/h8-9,13-14,23H,5-7,10-12H2,1-4H3,(H,24,27). The summed E-state index contributed by atoms with van der Waals surface area (Å²) in [5, 5.41) is 0.815. The van der Waals surface area contributed by atoms with Crippen LogP contribution >= 0.6 is 0 Å². The van der Waals surface area contributed by atoms with E-state index in [9.17, 15) is 18.0 Å². The lowest BCUT2D eigenvalue weighted by Gasteiger charge is -2.23. The minimum absolute atomic E-state index is 0.0921. The number of nitrogens with one attached hydrogen (secondary N) is 2. The van der Waals surface area contributed by atoms with E-state index in [0.717, 1.165) is 13.1 Å². The van der Waals surface area contributed by atoms with Crippen LogP contribution in [0.15, 0.2) is 34.1 Å². The highest BCUT2D eigenvalue weighted by Gasteiger charge is 2.24. The molecule has 0 bridgehead atoms. The fraction of sp³-hybridized carbons (Fsp3) is 0.455. The van der Waals surface area contributed by atoms with Crippen LogP contribution in [0.25, 0.3) is 21.8 Å². The predicted molar refractivity (Wildman–Crippen MR) is 125 cm³/mol. The van der Waals surface area contributed by atoms with E-state index in [2.05, 4.69) is 14.9 Å². The van der Waals surface area contributed by atoms with Crippen LogP contribution in [0, 0.1) is 0 Å². The molecule has 2 heterocycles. The van der Waals surface area contributed by atoms with Crippen LogP contribution in [0.1, 0.15) is 37.6 Å². The quantitative estimate of drug-likeness (QED) is 0.448. The van der Waals surface area contributed by atoms with E-state index in [1.165, 1.54) is 22.6 Å².